The predicted octanol–water partition coefficient (Wildman–Crippen LogP) is 3.98. The Bertz CT molecular complexity index is 1380. The third-order valence-corrected chi connectivity index (χ3v) is 6.33. The Balaban J connectivity index is 1.59. The van der Waals surface area contributed by atoms with Crippen LogP contribution in [0.1, 0.15) is 0 Å². The zero-order valence-corrected chi connectivity index (χ0v) is 19.9. The average molecular weight is 497 g/mol. The lowest BCUT2D eigenvalue weighted by molar-refractivity contribution is 0.167. The van der Waals surface area contributed by atoms with Crippen molar-refractivity contribution in [3.05, 3.63) is 75.0 Å². The Hall–Kier alpha value is -3.33. The summed E-state index contributed by atoms with van der Waals surface area (Å²) in [4.78, 5) is 29.3. The number of benzene rings is 2. The predicted molar refractivity (Wildman–Crippen MR) is 137 cm³/mol. The van der Waals surface area contributed by atoms with Crippen LogP contribution in [0.5, 0.6) is 0 Å². The van der Waals surface area contributed by atoms with Crippen molar-refractivity contribution >= 4 is 51.6 Å². The van der Waals surface area contributed by atoms with Crippen molar-refractivity contribution in [2.24, 2.45) is 0 Å². The molecular weight excluding hydrogens is 475 g/mol. The minimum absolute atomic E-state index is 0.282. The van der Waals surface area contributed by atoms with E-state index in [2.05, 4.69) is 32.7 Å². The summed E-state index contributed by atoms with van der Waals surface area (Å²) in [6.07, 6.45) is 0. The second-order valence-corrected chi connectivity index (χ2v) is 8.60. The van der Waals surface area contributed by atoms with Gasteiger partial charge in [0.2, 0.25) is 5.95 Å². The molecule has 0 saturated carbocycles. The van der Waals surface area contributed by atoms with Crippen LogP contribution in [-0.2, 0) is 0 Å². The largest absolute Gasteiger partial charge is 0.412 e. The Kier molecular flexibility index (Phi) is 6.28. The topological polar surface area (TPSA) is 84.3 Å². The van der Waals surface area contributed by atoms with Gasteiger partial charge in [-0.2, -0.15) is 4.98 Å². The molecule has 174 valence electrons. The quantitative estimate of drug-likeness (QED) is 0.432. The minimum atomic E-state index is -0.351. The van der Waals surface area contributed by atoms with Gasteiger partial charge >= 0.3 is 0 Å². The van der Waals surface area contributed by atoms with Crippen molar-refractivity contribution in [1.29, 1.82) is 0 Å². The van der Waals surface area contributed by atoms with Gasteiger partial charge in [0.25, 0.3) is 5.56 Å². The number of hydrogen-bond donors (Lipinski definition) is 2. The van der Waals surface area contributed by atoms with Gasteiger partial charge in [-0.1, -0.05) is 29.3 Å². The second-order valence-electron chi connectivity index (χ2n) is 7.79. The molecule has 10 heteroatoms. The van der Waals surface area contributed by atoms with E-state index in [1.807, 2.05) is 12.1 Å². The Morgan fingerprint density at radius 1 is 0.971 bits per heavy atom. The van der Waals surface area contributed by atoms with Gasteiger partial charge in [-0.25, -0.2) is 4.98 Å². The molecule has 0 amide bonds. The molecule has 0 atom stereocenters. The Morgan fingerprint density at radius 2 is 1.68 bits per heavy atom. The fourth-order valence-electron chi connectivity index (χ4n) is 4.05. The van der Waals surface area contributed by atoms with Crippen LogP contribution in [0.4, 0.5) is 17.3 Å². The first-order valence-corrected chi connectivity index (χ1v) is 11.6. The molecule has 3 heterocycles. The molecule has 8 nitrogen and oxygen atoms in total. The van der Waals surface area contributed by atoms with Crippen molar-refractivity contribution in [3.8, 4) is 11.3 Å². The molecule has 2 aromatic carbocycles. The SMILES string of the molecule is COn1c(=O)ccc2c(-c3c(Cl)cccc3Cl)nc(Nc3ccc(N4CCNCC4)cc3)nc21. The van der Waals surface area contributed by atoms with Gasteiger partial charge < -0.3 is 20.4 Å². The molecule has 34 heavy (non-hydrogen) atoms. The first-order chi connectivity index (χ1) is 16.5. The van der Waals surface area contributed by atoms with Crippen molar-refractivity contribution in [2.75, 3.05) is 43.5 Å². The maximum absolute atomic E-state index is 12.4. The molecule has 2 aromatic heterocycles. The van der Waals surface area contributed by atoms with Crippen LogP contribution in [-0.4, -0.2) is 48.0 Å². The normalized spacial score (nSPS) is 13.8. The summed E-state index contributed by atoms with van der Waals surface area (Å²) in [5.74, 6) is 0.282. The van der Waals surface area contributed by atoms with E-state index in [1.54, 1.807) is 24.3 Å². The maximum atomic E-state index is 12.4. The highest BCUT2D eigenvalue weighted by Crippen LogP contribution is 2.37. The number of anilines is 3. The molecule has 4 aromatic rings. The first-order valence-electron chi connectivity index (χ1n) is 10.8. The molecule has 1 fully saturated rings. The van der Waals surface area contributed by atoms with E-state index in [0.29, 0.717) is 32.3 Å². The summed E-state index contributed by atoms with van der Waals surface area (Å²) in [5.41, 5.74) is 2.95. The van der Waals surface area contributed by atoms with Crippen LogP contribution in [0.25, 0.3) is 22.3 Å². The number of nitrogens with zero attached hydrogens (tertiary/aromatic N) is 4. The summed E-state index contributed by atoms with van der Waals surface area (Å²) in [6, 6.07) is 16.4. The second kappa shape index (κ2) is 9.50. The fourth-order valence-corrected chi connectivity index (χ4v) is 4.62. The molecule has 0 spiro atoms. The lowest BCUT2D eigenvalue weighted by atomic mass is 10.1. The molecule has 1 aliphatic heterocycles. The molecule has 0 aliphatic carbocycles. The van der Waals surface area contributed by atoms with E-state index < -0.39 is 0 Å². The van der Waals surface area contributed by atoms with Gasteiger partial charge in [0.05, 0.1) is 15.7 Å². The van der Waals surface area contributed by atoms with E-state index in [9.17, 15) is 4.79 Å². The lowest BCUT2D eigenvalue weighted by Crippen LogP contribution is -2.43. The number of nitrogens with one attached hydrogen (secondary N) is 2. The number of halogens is 2. The van der Waals surface area contributed by atoms with E-state index in [1.165, 1.54) is 13.2 Å². The third-order valence-electron chi connectivity index (χ3n) is 5.70. The molecular formula is C24H22Cl2N6O2. The van der Waals surface area contributed by atoms with Crippen molar-refractivity contribution < 1.29 is 4.84 Å². The van der Waals surface area contributed by atoms with Gasteiger partial charge in [0, 0.05) is 54.6 Å². The summed E-state index contributed by atoms with van der Waals surface area (Å²) in [6.45, 7) is 3.88. The van der Waals surface area contributed by atoms with Gasteiger partial charge in [-0.15, -0.1) is 4.73 Å². The Labute approximate surface area is 206 Å². The van der Waals surface area contributed by atoms with Crippen LogP contribution < -0.4 is 25.9 Å². The van der Waals surface area contributed by atoms with E-state index in [0.717, 1.165) is 42.3 Å². The highest BCUT2D eigenvalue weighted by molar-refractivity contribution is 6.39. The molecule has 1 aliphatic rings. The van der Waals surface area contributed by atoms with Crippen LogP contribution in [0.2, 0.25) is 10.0 Å². The first kappa shape index (κ1) is 22.5. The van der Waals surface area contributed by atoms with Gasteiger partial charge in [-0.3, -0.25) is 4.79 Å². The number of piperazine rings is 1. The van der Waals surface area contributed by atoms with Crippen LogP contribution in [0.3, 0.4) is 0 Å². The smallest absolute Gasteiger partial charge is 0.285 e. The Morgan fingerprint density at radius 3 is 2.35 bits per heavy atom. The highest BCUT2D eigenvalue weighted by Gasteiger charge is 2.19. The summed E-state index contributed by atoms with van der Waals surface area (Å²) in [5, 5.41) is 8.05. The van der Waals surface area contributed by atoms with Crippen molar-refractivity contribution in [1.82, 2.24) is 20.0 Å². The van der Waals surface area contributed by atoms with Gasteiger partial charge in [0.1, 0.15) is 7.11 Å². The summed E-state index contributed by atoms with van der Waals surface area (Å²) >= 11 is 13.0. The fraction of sp³-hybridized carbons (Fsp3) is 0.208. The lowest BCUT2D eigenvalue weighted by Gasteiger charge is -2.29. The van der Waals surface area contributed by atoms with E-state index in [4.69, 9.17) is 33.0 Å². The molecule has 1 saturated heterocycles. The number of hydrogen-bond acceptors (Lipinski definition) is 7. The van der Waals surface area contributed by atoms with Crippen molar-refractivity contribution in [3.63, 3.8) is 0 Å². The van der Waals surface area contributed by atoms with Crippen LogP contribution in [0, 0.1) is 0 Å². The summed E-state index contributed by atoms with van der Waals surface area (Å²) < 4.78 is 1.12. The summed E-state index contributed by atoms with van der Waals surface area (Å²) in [7, 11) is 1.41. The van der Waals surface area contributed by atoms with Crippen LogP contribution in [0.15, 0.2) is 59.4 Å². The van der Waals surface area contributed by atoms with E-state index >= 15 is 0 Å². The standard InChI is InChI=1S/C24H22Cl2N6O2/c1-34-32-20(33)10-9-17-22(21-18(25)3-2-4-19(21)26)29-24(30-23(17)32)28-15-5-7-16(8-6-15)31-13-11-27-12-14-31/h2-10,27H,11-14H2,1H3,(H,28,29,30). The van der Waals surface area contributed by atoms with Gasteiger partial charge in [-0.05, 0) is 42.5 Å². The van der Waals surface area contributed by atoms with E-state index in [-0.39, 0.29) is 11.5 Å². The number of fused-ring (bicyclic) bond motifs is 1. The molecule has 5 rings (SSSR count). The highest BCUT2D eigenvalue weighted by atomic mass is 35.5. The number of rotatable bonds is 5. The molecule has 0 unspecified atom stereocenters. The van der Waals surface area contributed by atoms with Crippen molar-refractivity contribution in [2.45, 2.75) is 0 Å². The number of pyridine rings is 1. The average Bonchev–Trinajstić information content (AvgIpc) is 2.85. The number of aromatic nitrogens is 3. The zero-order valence-electron chi connectivity index (χ0n) is 18.4. The minimum Gasteiger partial charge on any atom is -0.412 e. The third kappa shape index (κ3) is 4.27. The maximum Gasteiger partial charge on any atom is 0.285 e. The molecule has 0 bridgehead atoms. The van der Waals surface area contributed by atoms with Crippen LogP contribution >= 0.6 is 23.2 Å². The molecule has 0 radical (unpaired) electrons. The zero-order chi connectivity index (χ0) is 23.7. The van der Waals surface area contributed by atoms with Gasteiger partial charge in [0.15, 0.2) is 5.65 Å². The monoisotopic (exact) mass is 496 g/mol. The molecule has 2 N–H and O–H groups in total.